The summed E-state index contributed by atoms with van der Waals surface area (Å²) in [5, 5.41) is 33.9. The van der Waals surface area contributed by atoms with Crippen molar-refractivity contribution in [3.63, 3.8) is 0 Å². The van der Waals surface area contributed by atoms with Gasteiger partial charge in [0.2, 0.25) is 0 Å². The van der Waals surface area contributed by atoms with Crippen LogP contribution >= 0.6 is 0 Å². The zero-order valence-corrected chi connectivity index (χ0v) is 23.1. The van der Waals surface area contributed by atoms with Crippen molar-refractivity contribution in [1.29, 1.82) is 0 Å². The van der Waals surface area contributed by atoms with Gasteiger partial charge in [0.25, 0.3) is 0 Å². The van der Waals surface area contributed by atoms with Gasteiger partial charge in [-0.3, -0.25) is 0 Å². The number of phenols is 1. The normalized spacial score (nSPS) is 19.5. The van der Waals surface area contributed by atoms with Crippen LogP contribution < -0.4 is 0 Å². The lowest BCUT2D eigenvalue weighted by molar-refractivity contribution is 0.350. The Bertz CT molecular complexity index is 905. The first kappa shape index (κ1) is 25.5. The zero-order valence-electron chi connectivity index (χ0n) is 21.1. The van der Waals surface area contributed by atoms with Gasteiger partial charge in [0, 0.05) is 18.4 Å². The van der Waals surface area contributed by atoms with Gasteiger partial charge in [0.05, 0.1) is 21.9 Å². The van der Waals surface area contributed by atoms with Crippen molar-refractivity contribution in [3.8, 4) is 5.75 Å². The van der Waals surface area contributed by atoms with Crippen molar-refractivity contribution in [2.24, 2.45) is 5.92 Å². The minimum absolute atomic E-state index is 0.0381. The molecule has 1 aromatic carbocycles. The van der Waals surface area contributed by atoms with Gasteiger partial charge >= 0.3 is 0 Å². The Labute approximate surface area is 191 Å². The van der Waals surface area contributed by atoms with Crippen molar-refractivity contribution in [1.82, 2.24) is 0 Å². The minimum atomic E-state index is -2.07. The SMILES string of the molecule is CC(C)(C)[Si](C)(C)C(=C(C1C=C(O)C=C(O)C1)[Si](C)(C)C(C)(C)C)c1ccc(O)cc1. The second-order valence-electron chi connectivity index (χ2n) is 12.1. The highest BCUT2D eigenvalue weighted by molar-refractivity contribution is 7.01. The van der Waals surface area contributed by atoms with Gasteiger partial charge in [-0.1, -0.05) is 90.3 Å². The van der Waals surface area contributed by atoms with Crippen molar-refractivity contribution >= 4 is 21.3 Å². The third-order valence-corrected chi connectivity index (χ3v) is 19.5. The van der Waals surface area contributed by atoms with E-state index in [0.29, 0.717) is 6.42 Å². The molecule has 1 aliphatic rings. The molecule has 0 heterocycles. The van der Waals surface area contributed by atoms with Gasteiger partial charge in [0.1, 0.15) is 11.5 Å². The lowest BCUT2D eigenvalue weighted by atomic mass is 9.96. The Morgan fingerprint density at radius 1 is 0.806 bits per heavy atom. The highest BCUT2D eigenvalue weighted by Crippen LogP contribution is 2.53. The molecule has 0 aliphatic heterocycles. The number of benzene rings is 1. The van der Waals surface area contributed by atoms with Crippen LogP contribution in [0.2, 0.25) is 36.3 Å². The molecule has 0 amide bonds. The van der Waals surface area contributed by atoms with Crippen LogP contribution in [0.25, 0.3) is 5.20 Å². The zero-order chi connectivity index (χ0) is 24.0. The maximum absolute atomic E-state index is 10.5. The molecule has 172 valence electrons. The van der Waals surface area contributed by atoms with Gasteiger partial charge in [-0.15, -0.1) is 0 Å². The third-order valence-electron chi connectivity index (χ3n) is 7.96. The molecule has 0 spiro atoms. The quantitative estimate of drug-likeness (QED) is 0.399. The van der Waals surface area contributed by atoms with E-state index in [0.717, 1.165) is 5.56 Å². The van der Waals surface area contributed by atoms with Crippen LogP contribution in [0.5, 0.6) is 5.75 Å². The summed E-state index contributed by atoms with van der Waals surface area (Å²) in [7, 11) is -4.12. The fourth-order valence-corrected chi connectivity index (χ4v) is 11.2. The summed E-state index contributed by atoms with van der Waals surface area (Å²) in [6, 6.07) is 7.63. The highest BCUT2D eigenvalue weighted by Gasteiger charge is 2.48. The van der Waals surface area contributed by atoms with E-state index >= 15 is 0 Å². The molecule has 0 saturated carbocycles. The number of hydrogen-bond acceptors (Lipinski definition) is 3. The van der Waals surface area contributed by atoms with Crippen LogP contribution in [-0.4, -0.2) is 31.5 Å². The summed E-state index contributed by atoms with van der Waals surface area (Å²) in [5.74, 6) is 0.610. The lowest BCUT2D eigenvalue weighted by Gasteiger charge is -2.48. The summed E-state index contributed by atoms with van der Waals surface area (Å²) >= 11 is 0. The summed E-state index contributed by atoms with van der Waals surface area (Å²) < 4.78 is 0. The second kappa shape index (κ2) is 8.32. The van der Waals surface area contributed by atoms with Crippen LogP contribution in [0.4, 0.5) is 0 Å². The van der Waals surface area contributed by atoms with E-state index in [1.807, 2.05) is 18.2 Å². The maximum atomic E-state index is 10.5. The molecule has 1 aliphatic carbocycles. The van der Waals surface area contributed by atoms with E-state index in [4.69, 9.17) is 0 Å². The van der Waals surface area contributed by atoms with E-state index in [9.17, 15) is 15.3 Å². The molecule has 3 nitrogen and oxygen atoms in total. The molecule has 2 rings (SSSR count). The van der Waals surface area contributed by atoms with E-state index in [-0.39, 0.29) is 33.3 Å². The standard InChI is InChI=1S/C26H42O3Si2/c1-25(2,3)30(7,8)23(18-11-13-20(27)14-12-18)24(31(9,10)26(4,5)6)19-15-21(28)17-22(29)16-19/h11-15,17,19,27-29H,16H2,1-10H3. The summed E-state index contributed by atoms with van der Waals surface area (Å²) in [6.45, 7) is 23.7. The number of aromatic hydroxyl groups is 1. The van der Waals surface area contributed by atoms with Crippen molar-refractivity contribution in [3.05, 3.63) is 58.7 Å². The summed E-state index contributed by atoms with van der Waals surface area (Å²) in [4.78, 5) is 0. The average molecular weight is 459 g/mol. The molecule has 0 bridgehead atoms. The highest BCUT2D eigenvalue weighted by atomic mass is 28.3. The Morgan fingerprint density at radius 2 is 1.29 bits per heavy atom. The van der Waals surface area contributed by atoms with Gasteiger partial charge in [0.15, 0.2) is 0 Å². The average Bonchev–Trinajstić information content (AvgIpc) is 2.57. The van der Waals surface area contributed by atoms with Crippen LogP contribution in [0.3, 0.4) is 0 Å². The number of phenolic OH excluding ortho intramolecular Hbond substituents is 1. The molecule has 1 aromatic rings. The van der Waals surface area contributed by atoms with Crippen LogP contribution in [0.15, 0.2) is 53.1 Å². The smallest absolute Gasteiger partial charge is 0.115 e. The first-order valence-electron chi connectivity index (χ1n) is 11.2. The second-order valence-corrected chi connectivity index (χ2v) is 22.7. The number of aliphatic hydroxyl groups is 2. The molecular weight excluding hydrogens is 416 g/mol. The molecule has 5 heteroatoms. The molecule has 0 aromatic heterocycles. The number of allylic oxidation sites excluding steroid dienone is 4. The van der Waals surface area contributed by atoms with Crippen molar-refractivity contribution in [2.45, 2.75) is 84.2 Å². The van der Waals surface area contributed by atoms with Crippen LogP contribution in [0.1, 0.15) is 53.5 Å². The monoisotopic (exact) mass is 458 g/mol. The maximum Gasteiger partial charge on any atom is 0.115 e. The van der Waals surface area contributed by atoms with E-state index in [2.05, 4.69) is 67.7 Å². The Hall–Kier alpha value is -1.73. The van der Waals surface area contributed by atoms with Crippen molar-refractivity contribution in [2.75, 3.05) is 0 Å². The lowest BCUT2D eigenvalue weighted by Crippen LogP contribution is -2.48. The Balaban J connectivity index is 3.04. The van der Waals surface area contributed by atoms with Gasteiger partial charge in [-0.2, -0.15) is 0 Å². The number of aliphatic hydroxyl groups excluding tert-OH is 2. The number of rotatable bonds is 4. The summed E-state index contributed by atoms with van der Waals surface area (Å²) in [6.07, 6.45) is 3.91. The van der Waals surface area contributed by atoms with E-state index < -0.39 is 16.1 Å². The molecule has 1 atom stereocenters. The molecular formula is C26H42O3Si2. The molecule has 31 heavy (non-hydrogen) atoms. The van der Waals surface area contributed by atoms with Gasteiger partial charge < -0.3 is 15.3 Å². The molecule has 3 N–H and O–H groups in total. The minimum Gasteiger partial charge on any atom is -0.512 e. The van der Waals surface area contributed by atoms with Crippen LogP contribution in [-0.2, 0) is 0 Å². The van der Waals surface area contributed by atoms with Crippen molar-refractivity contribution < 1.29 is 15.3 Å². The number of hydrogen-bond donors (Lipinski definition) is 3. The largest absolute Gasteiger partial charge is 0.512 e. The molecule has 1 unspecified atom stereocenters. The fraction of sp³-hybridized carbons (Fsp3) is 0.538. The van der Waals surface area contributed by atoms with E-state index in [1.165, 1.54) is 16.5 Å². The van der Waals surface area contributed by atoms with Crippen LogP contribution in [0, 0.1) is 5.92 Å². The Morgan fingerprint density at radius 3 is 1.71 bits per heavy atom. The van der Waals surface area contributed by atoms with E-state index in [1.54, 1.807) is 12.1 Å². The molecule has 0 saturated heterocycles. The molecule has 0 fully saturated rings. The summed E-state index contributed by atoms with van der Waals surface area (Å²) in [5.41, 5.74) is 1.16. The third kappa shape index (κ3) is 5.03. The predicted molar refractivity (Wildman–Crippen MR) is 139 cm³/mol. The first-order chi connectivity index (χ1) is 13.9. The predicted octanol–water partition coefficient (Wildman–Crippen LogP) is 8.14. The fourth-order valence-electron chi connectivity index (χ4n) is 4.18. The Kier molecular flexibility index (Phi) is 6.85. The van der Waals surface area contributed by atoms with Gasteiger partial charge in [-0.05, 0) is 33.8 Å². The van der Waals surface area contributed by atoms with Gasteiger partial charge in [-0.25, -0.2) is 0 Å². The molecule has 0 radical (unpaired) electrons. The first-order valence-corrected chi connectivity index (χ1v) is 17.2. The topological polar surface area (TPSA) is 60.7 Å².